The summed E-state index contributed by atoms with van der Waals surface area (Å²) in [6.07, 6.45) is 0.979. The highest BCUT2D eigenvalue weighted by Gasteiger charge is 2.18. The Morgan fingerprint density at radius 1 is 1.42 bits per heavy atom. The van der Waals surface area contributed by atoms with Crippen molar-refractivity contribution in [3.05, 3.63) is 11.4 Å². The number of ether oxygens (including phenoxy) is 1. The van der Waals surface area contributed by atoms with E-state index in [9.17, 15) is 4.79 Å². The van der Waals surface area contributed by atoms with Crippen LogP contribution in [0.2, 0.25) is 0 Å². The van der Waals surface area contributed by atoms with Gasteiger partial charge in [0.2, 0.25) is 6.41 Å². The van der Waals surface area contributed by atoms with Crippen LogP contribution in [0.1, 0.15) is 6.42 Å². The van der Waals surface area contributed by atoms with Crippen LogP contribution >= 0.6 is 0 Å². The summed E-state index contributed by atoms with van der Waals surface area (Å²) in [6, 6.07) is 2.59. The molecule has 1 atom stereocenters. The predicted molar refractivity (Wildman–Crippen MR) is 63.6 cm³/mol. The van der Waals surface area contributed by atoms with Crippen molar-refractivity contribution in [1.82, 2.24) is 10.6 Å². The summed E-state index contributed by atoms with van der Waals surface area (Å²) >= 11 is 0. The first-order chi connectivity index (χ1) is 9.08. The molecule has 1 fully saturated rings. The van der Waals surface area contributed by atoms with E-state index in [1.54, 1.807) is 12.1 Å². The molecule has 0 unspecified atom stereocenters. The van der Waals surface area contributed by atoms with Crippen molar-refractivity contribution in [2.24, 2.45) is 11.5 Å². The molecule has 0 aromatic carbocycles. The van der Waals surface area contributed by atoms with Gasteiger partial charge in [0.1, 0.15) is 17.8 Å². The van der Waals surface area contributed by atoms with Gasteiger partial charge in [0.25, 0.3) is 0 Å². The third-order valence-corrected chi connectivity index (χ3v) is 2.01. The summed E-state index contributed by atoms with van der Waals surface area (Å²) in [5.41, 5.74) is 8.81. The Balaban J connectivity index is 0.000000982. The highest BCUT2D eigenvalue weighted by molar-refractivity contribution is 5.77. The Morgan fingerprint density at radius 2 is 2.05 bits per heavy atom. The number of primary amides is 1. The molecule has 0 bridgehead atoms. The molecule has 102 valence electrons. The van der Waals surface area contributed by atoms with Crippen LogP contribution in [0.15, 0.2) is 11.4 Å². The Hall–Kier alpha value is -2.78. The molecule has 3 amide bonds. The topological polar surface area (TPSA) is 167 Å². The summed E-state index contributed by atoms with van der Waals surface area (Å²) < 4.78 is 5.06. The number of hydrogen-bond acceptors (Lipinski definition) is 6. The van der Waals surface area contributed by atoms with Crippen LogP contribution in [-0.4, -0.2) is 31.7 Å². The van der Waals surface area contributed by atoms with Crippen molar-refractivity contribution < 1.29 is 14.3 Å². The number of amides is 3. The van der Waals surface area contributed by atoms with Crippen LogP contribution in [-0.2, 0) is 9.53 Å². The first-order valence-corrected chi connectivity index (χ1v) is 5.19. The lowest BCUT2D eigenvalue weighted by Crippen LogP contribution is -2.42. The molecule has 1 heterocycles. The molecule has 9 heteroatoms. The molecular weight excluding hydrogens is 252 g/mol. The number of carbonyl (C=O) groups is 2. The summed E-state index contributed by atoms with van der Waals surface area (Å²) in [5, 5.41) is 21.9. The first kappa shape index (κ1) is 16.2. The van der Waals surface area contributed by atoms with E-state index in [4.69, 9.17) is 25.8 Å². The third-order valence-electron chi connectivity index (χ3n) is 2.01. The summed E-state index contributed by atoms with van der Waals surface area (Å²) in [7, 11) is 0. The van der Waals surface area contributed by atoms with Crippen LogP contribution < -0.4 is 22.1 Å². The maximum atomic E-state index is 11.4. The van der Waals surface area contributed by atoms with Crippen molar-refractivity contribution in [3.63, 3.8) is 0 Å². The van der Waals surface area contributed by atoms with Crippen LogP contribution in [0.4, 0.5) is 4.79 Å². The molecule has 1 aliphatic rings. The van der Waals surface area contributed by atoms with Gasteiger partial charge in [-0.3, -0.25) is 10.1 Å². The average Bonchev–Trinajstić information content (AvgIpc) is 2.88. The van der Waals surface area contributed by atoms with Crippen LogP contribution in [0.3, 0.4) is 0 Å². The maximum absolute atomic E-state index is 11.4. The molecule has 1 aliphatic heterocycles. The van der Waals surface area contributed by atoms with Crippen molar-refractivity contribution >= 4 is 12.4 Å². The molecule has 0 saturated carbocycles. The molecule has 0 radical (unpaired) electrons. The molecule has 0 aliphatic carbocycles. The van der Waals surface area contributed by atoms with Crippen LogP contribution in [0.5, 0.6) is 0 Å². The highest BCUT2D eigenvalue weighted by Crippen LogP contribution is 2.03. The van der Waals surface area contributed by atoms with Crippen molar-refractivity contribution in [1.29, 1.82) is 10.5 Å². The molecule has 1 rings (SSSR count). The van der Waals surface area contributed by atoms with Gasteiger partial charge in [-0.2, -0.15) is 10.5 Å². The Labute approximate surface area is 109 Å². The SMILES string of the molecule is N#C/C(N)=C(\C#N)NC(=O)N[C@H]1CCOC1.NC=O. The molecule has 19 heavy (non-hydrogen) atoms. The normalized spacial score (nSPS) is 17.7. The minimum Gasteiger partial charge on any atom is -0.388 e. The maximum Gasteiger partial charge on any atom is 0.320 e. The van der Waals surface area contributed by atoms with Gasteiger partial charge in [-0.1, -0.05) is 0 Å². The third kappa shape index (κ3) is 6.51. The molecule has 0 aromatic rings. The lowest BCUT2D eigenvalue weighted by molar-refractivity contribution is -0.106. The minimum atomic E-state index is -0.565. The van der Waals surface area contributed by atoms with Gasteiger partial charge < -0.3 is 21.5 Å². The van der Waals surface area contributed by atoms with Crippen molar-refractivity contribution in [2.75, 3.05) is 13.2 Å². The lowest BCUT2D eigenvalue weighted by Gasteiger charge is -2.11. The van der Waals surface area contributed by atoms with Gasteiger partial charge in [0.15, 0.2) is 5.70 Å². The first-order valence-electron chi connectivity index (χ1n) is 5.19. The number of allylic oxidation sites excluding steroid dienone is 2. The number of nitrogens with one attached hydrogen (secondary N) is 2. The second-order valence-electron chi connectivity index (χ2n) is 3.31. The lowest BCUT2D eigenvalue weighted by atomic mass is 10.3. The van der Waals surface area contributed by atoms with E-state index in [0.29, 0.717) is 13.2 Å². The second-order valence-corrected chi connectivity index (χ2v) is 3.31. The summed E-state index contributed by atoms with van der Waals surface area (Å²) in [5.74, 6) is 0. The van der Waals surface area contributed by atoms with Gasteiger partial charge in [-0.05, 0) is 6.42 Å². The largest absolute Gasteiger partial charge is 0.388 e. The number of nitrogens with zero attached hydrogens (tertiary/aromatic N) is 2. The highest BCUT2D eigenvalue weighted by atomic mass is 16.5. The van der Waals surface area contributed by atoms with Gasteiger partial charge in [0, 0.05) is 6.61 Å². The predicted octanol–water partition coefficient (Wildman–Crippen LogP) is -1.61. The minimum absolute atomic E-state index is 0.0664. The molecular formula is C10H14N6O3. The van der Waals surface area contributed by atoms with E-state index in [1.807, 2.05) is 0 Å². The quantitative estimate of drug-likeness (QED) is 0.346. The molecule has 0 spiro atoms. The van der Waals surface area contributed by atoms with Crippen molar-refractivity contribution in [3.8, 4) is 12.1 Å². The number of carbonyl (C=O) groups excluding carboxylic acids is 2. The standard InChI is InChI=1S/C9H11N5O2.CH3NO/c10-3-7(12)8(4-11)14-9(15)13-6-1-2-16-5-6;2-1-3/h6H,1-2,5,12H2,(H2,13,14,15);1H,(H2,2,3)/b8-7-;/t6-;/m0./s1. The van der Waals surface area contributed by atoms with E-state index >= 15 is 0 Å². The molecule has 6 N–H and O–H groups in total. The fourth-order valence-electron chi connectivity index (χ4n) is 1.19. The fraction of sp³-hybridized carbons (Fsp3) is 0.400. The Bertz CT molecular complexity index is 428. The van der Waals surface area contributed by atoms with Gasteiger partial charge >= 0.3 is 6.03 Å². The monoisotopic (exact) mass is 266 g/mol. The average molecular weight is 266 g/mol. The number of rotatable bonds is 2. The number of urea groups is 1. The van der Waals surface area contributed by atoms with E-state index in [1.165, 1.54) is 0 Å². The zero-order chi connectivity index (χ0) is 14.7. The van der Waals surface area contributed by atoms with Crippen molar-refractivity contribution in [2.45, 2.75) is 12.5 Å². The number of nitrogens with two attached hydrogens (primary N) is 2. The van der Waals surface area contributed by atoms with E-state index in [2.05, 4.69) is 16.4 Å². The Morgan fingerprint density at radius 3 is 2.47 bits per heavy atom. The second kappa shape index (κ2) is 9.27. The van der Waals surface area contributed by atoms with Crippen LogP contribution in [0, 0.1) is 22.7 Å². The molecule has 1 saturated heterocycles. The van der Waals surface area contributed by atoms with Gasteiger partial charge in [-0.15, -0.1) is 0 Å². The number of nitriles is 2. The fourth-order valence-corrected chi connectivity index (χ4v) is 1.19. The van der Waals surface area contributed by atoms with E-state index < -0.39 is 6.03 Å². The Kier molecular flexibility index (Phi) is 7.91. The zero-order valence-electron chi connectivity index (χ0n) is 10.0. The van der Waals surface area contributed by atoms with Gasteiger partial charge in [-0.25, -0.2) is 4.79 Å². The van der Waals surface area contributed by atoms with E-state index in [-0.39, 0.29) is 23.8 Å². The van der Waals surface area contributed by atoms with E-state index in [0.717, 1.165) is 6.42 Å². The molecule has 9 nitrogen and oxygen atoms in total. The number of hydrogen-bond donors (Lipinski definition) is 4. The molecule has 0 aromatic heterocycles. The smallest absolute Gasteiger partial charge is 0.320 e. The summed E-state index contributed by atoms with van der Waals surface area (Å²) in [4.78, 5) is 19.9. The summed E-state index contributed by atoms with van der Waals surface area (Å²) in [6.45, 7) is 1.05. The van der Waals surface area contributed by atoms with Crippen LogP contribution in [0.25, 0.3) is 0 Å². The zero-order valence-corrected chi connectivity index (χ0v) is 10.0. The van der Waals surface area contributed by atoms with Gasteiger partial charge in [0.05, 0.1) is 12.6 Å².